The fourth-order valence-electron chi connectivity index (χ4n) is 3.30. The highest BCUT2D eigenvalue weighted by Gasteiger charge is 2.27. The number of carbonyl (C=O) groups is 1. The Morgan fingerprint density at radius 3 is 2.88 bits per heavy atom. The second-order valence-corrected chi connectivity index (χ2v) is 7.98. The standard InChI is InChI=1S/C18H26N4O2S/c1-12-5-6-15(25-12)9-19-17(23)10-22-14(3)18(13(2)20-22)16-11-24-8-7-21(16)4/h5-6,16H,7-11H2,1-4H3,(H,19,23). The number of ether oxygens (including phenoxy) is 1. The molecule has 1 aliphatic rings. The second kappa shape index (κ2) is 7.68. The average Bonchev–Trinajstić information content (AvgIpc) is 3.10. The summed E-state index contributed by atoms with van der Waals surface area (Å²) >= 11 is 1.71. The molecule has 0 saturated carbocycles. The van der Waals surface area contributed by atoms with Gasteiger partial charge < -0.3 is 10.1 Å². The first-order chi connectivity index (χ1) is 12.0. The molecule has 1 fully saturated rings. The lowest BCUT2D eigenvalue weighted by atomic mass is 10.0. The second-order valence-electron chi connectivity index (χ2n) is 6.60. The largest absolute Gasteiger partial charge is 0.378 e. The Morgan fingerprint density at radius 1 is 1.40 bits per heavy atom. The minimum atomic E-state index is -0.0172. The van der Waals surface area contributed by atoms with Crippen molar-refractivity contribution >= 4 is 17.2 Å². The lowest BCUT2D eigenvalue weighted by Crippen LogP contribution is -2.37. The fraction of sp³-hybridized carbons (Fsp3) is 0.556. The van der Waals surface area contributed by atoms with E-state index in [0.717, 1.165) is 24.5 Å². The van der Waals surface area contributed by atoms with Gasteiger partial charge in [-0.15, -0.1) is 11.3 Å². The number of nitrogens with zero attached hydrogens (tertiary/aromatic N) is 3. The Bertz CT molecular complexity index is 752. The van der Waals surface area contributed by atoms with Crippen LogP contribution in [-0.2, 0) is 22.6 Å². The first-order valence-electron chi connectivity index (χ1n) is 8.59. The quantitative estimate of drug-likeness (QED) is 0.886. The number of hydrogen-bond acceptors (Lipinski definition) is 5. The van der Waals surface area contributed by atoms with Gasteiger partial charge in [-0.2, -0.15) is 5.10 Å². The van der Waals surface area contributed by atoms with Crippen LogP contribution in [0.4, 0.5) is 0 Å². The average molecular weight is 362 g/mol. The van der Waals surface area contributed by atoms with Gasteiger partial charge in [0.1, 0.15) is 6.54 Å². The van der Waals surface area contributed by atoms with Crippen LogP contribution >= 0.6 is 11.3 Å². The van der Waals surface area contributed by atoms with Crippen molar-refractivity contribution in [2.45, 2.75) is 39.9 Å². The molecule has 0 radical (unpaired) electrons. The van der Waals surface area contributed by atoms with Crippen molar-refractivity contribution in [1.29, 1.82) is 0 Å². The van der Waals surface area contributed by atoms with Crippen molar-refractivity contribution in [3.63, 3.8) is 0 Å². The summed E-state index contributed by atoms with van der Waals surface area (Å²) in [6, 6.07) is 4.34. The Labute approximate surface area is 152 Å². The number of amides is 1. The molecule has 1 atom stereocenters. The number of morpholine rings is 1. The lowest BCUT2D eigenvalue weighted by molar-refractivity contribution is -0.122. The highest BCUT2D eigenvalue weighted by molar-refractivity contribution is 7.11. The molecule has 1 aliphatic heterocycles. The van der Waals surface area contributed by atoms with Crippen LogP contribution in [0.1, 0.15) is 32.7 Å². The van der Waals surface area contributed by atoms with E-state index in [2.05, 4.69) is 41.4 Å². The van der Waals surface area contributed by atoms with Gasteiger partial charge in [0, 0.05) is 27.6 Å². The molecule has 1 unspecified atom stereocenters. The van der Waals surface area contributed by atoms with Crippen molar-refractivity contribution in [3.05, 3.63) is 38.8 Å². The van der Waals surface area contributed by atoms with Gasteiger partial charge in [-0.25, -0.2) is 0 Å². The smallest absolute Gasteiger partial charge is 0.242 e. The summed E-state index contributed by atoms with van der Waals surface area (Å²) in [4.78, 5) is 17.0. The number of carbonyl (C=O) groups excluding carboxylic acids is 1. The molecule has 0 bridgehead atoms. The third-order valence-corrected chi connectivity index (χ3v) is 5.72. The minimum absolute atomic E-state index is 0.0172. The summed E-state index contributed by atoms with van der Waals surface area (Å²) in [6.45, 7) is 9.28. The maximum absolute atomic E-state index is 12.3. The maximum atomic E-state index is 12.3. The summed E-state index contributed by atoms with van der Waals surface area (Å²) < 4.78 is 7.45. The van der Waals surface area contributed by atoms with E-state index < -0.39 is 0 Å². The topological polar surface area (TPSA) is 59.4 Å². The number of likely N-dealkylation sites (N-methyl/N-ethyl adjacent to an activating group) is 1. The van der Waals surface area contributed by atoms with E-state index in [9.17, 15) is 4.79 Å². The summed E-state index contributed by atoms with van der Waals surface area (Å²) in [5.74, 6) is -0.0172. The lowest BCUT2D eigenvalue weighted by Gasteiger charge is -2.32. The van der Waals surface area contributed by atoms with Crippen LogP contribution in [0, 0.1) is 20.8 Å². The molecule has 1 saturated heterocycles. The van der Waals surface area contributed by atoms with Crippen molar-refractivity contribution in [2.75, 3.05) is 26.8 Å². The number of nitrogens with one attached hydrogen (secondary N) is 1. The van der Waals surface area contributed by atoms with Crippen LogP contribution in [0.25, 0.3) is 0 Å². The zero-order valence-electron chi connectivity index (χ0n) is 15.3. The molecule has 3 rings (SSSR count). The molecule has 136 valence electrons. The van der Waals surface area contributed by atoms with E-state index in [1.54, 1.807) is 11.3 Å². The van der Waals surface area contributed by atoms with E-state index in [-0.39, 0.29) is 18.5 Å². The van der Waals surface area contributed by atoms with E-state index >= 15 is 0 Å². The van der Waals surface area contributed by atoms with Crippen LogP contribution in [0.2, 0.25) is 0 Å². The molecular weight excluding hydrogens is 336 g/mol. The molecule has 2 aromatic rings. The predicted octanol–water partition coefficient (Wildman–Crippen LogP) is 2.19. The summed E-state index contributed by atoms with van der Waals surface area (Å²) in [7, 11) is 2.11. The highest BCUT2D eigenvalue weighted by atomic mass is 32.1. The first-order valence-corrected chi connectivity index (χ1v) is 9.41. The fourth-order valence-corrected chi connectivity index (χ4v) is 4.13. The van der Waals surface area contributed by atoms with Crippen molar-refractivity contribution in [3.8, 4) is 0 Å². The zero-order chi connectivity index (χ0) is 18.0. The van der Waals surface area contributed by atoms with Gasteiger partial charge in [0.15, 0.2) is 0 Å². The number of hydrogen-bond donors (Lipinski definition) is 1. The summed E-state index contributed by atoms with van der Waals surface area (Å²) in [5.41, 5.74) is 3.20. The van der Waals surface area contributed by atoms with Gasteiger partial charge >= 0.3 is 0 Å². The van der Waals surface area contributed by atoms with Gasteiger partial charge in [-0.3, -0.25) is 14.4 Å². The van der Waals surface area contributed by atoms with E-state index in [1.807, 2.05) is 18.5 Å². The van der Waals surface area contributed by atoms with Crippen molar-refractivity contribution in [1.82, 2.24) is 20.0 Å². The molecule has 0 spiro atoms. The molecule has 7 heteroatoms. The molecule has 1 amide bonds. The SMILES string of the molecule is Cc1ccc(CNC(=O)Cn2nc(C)c(C3COCCN3C)c2C)s1. The Balaban J connectivity index is 1.66. The molecular formula is C18H26N4O2S. The Kier molecular flexibility index (Phi) is 5.56. The van der Waals surface area contributed by atoms with Gasteiger partial charge in [0.05, 0.1) is 31.5 Å². The Morgan fingerprint density at radius 2 is 2.20 bits per heavy atom. The monoisotopic (exact) mass is 362 g/mol. The van der Waals surface area contributed by atoms with Crippen LogP contribution < -0.4 is 5.32 Å². The molecule has 0 aromatic carbocycles. The van der Waals surface area contributed by atoms with E-state index in [1.165, 1.54) is 15.3 Å². The molecule has 3 heterocycles. The third-order valence-electron chi connectivity index (χ3n) is 4.72. The minimum Gasteiger partial charge on any atom is -0.378 e. The van der Waals surface area contributed by atoms with Crippen LogP contribution in [0.3, 0.4) is 0 Å². The maximum Gasteiger partial charge on any atom is 0.242 e. The molecule has 2 aromatic heterocycles. The predicted molar refractivity (Wildman–Crippen MR) is 98.8 cm³/mol. The van der Waals surface area contributed by atoms with Gasteiger partial charge in [-0.1, -0.05) is 0 Å². The molecule has 1 N–H and O–H groups in total. The number of thiophene rings is 1. The van der Waals surface area contributed by atoms with E-state index in [0.29, 0.717) is 13.2 Å². The van der Waals surface area contributed by atoms with Gasteiger partial charge in [0.2, 0.25) is 5.91 Å². The molecule has 0 aliphatic carbocycles. The third kappa shape index (κ3) is 4.11. The highest BCUT2D eigenvalue weighted by Crippen LogP contribution is 2.28. The molecule has 6 nitrogen and oxygen atoms in total. The number of aromatic nitrogens is 2. The van der Waals surface area contributed by atoms with E-state index in [4.69, 9.17) is 4.74 Å². The first kappa shape index (κ1) is 18.1. The Hall–Kier alpha value is -1.70. The van der Waals surface area contributed by atoms with Crippen LogP contribution in [-0.4, -0.2) is 47.4 Å². The van der Waals surface area contributed by atoms with Gasteiger partial charge in [-0.05, 0) is 40.0 Å². The zero-order valence-corrected chi connectivity index (χ0v) is 16.2. The van der Waals surface area contributed by atoms with Gasteiger partial charge in [0.25, 0.3) is 0 Å². The van der Waals surface area contributed by atoms with Crippen LogP contribution in [0.15, 0.2) is 12.1 Å². The van der Waals surface area contributed by atoms with Crippen molar-refractivity contribution < 1.29 is 9.53 Å². The molecule has 25 heavy (non-hydrogen) atoms. The summed E-state index contributed by atoms with van der Waals surface area (Å²) in [6.07, 6.45) is 0. The summed E-state index contributed by atoms with van der Waals surface area (Å²) in [5, 5.41) is 7.58. The number of aryl methyl sites for hydroxylation is 2. The van der Waals surface area contributed by atoms with Crippen molar-refractivity contribution in [2.24, 2.45) is 0 Å². The number of rotatable bonds is 5. The normalized spacial score (nSPS) is 18.5. The van der Waals surface area contributed by atoms with Crippen LogP contribution in [0.5, 0.6) is 0 Å².